The zero-order valence-corrected chi connectivity index (χ0v) is 7.25. The highest BCUT2D eigenvalue weighted by Crippen LogP contribution is 2.19. The Bertz CT molecular complexity index is 301. The number of carboxylic acid groups (broad SMARTS) is 1. The van der Waals surface area contributed by atoms with Gasteiger partial charge < -0.3 is 5.11 Å². The fourth-order valence-corrected chi connectivity index (χ4v) is 2.95. The SMILES string of the molecule is O=C(O)/C=C\C1CCS(=O)(=O)C1. The minimum atomic E-state index is -2.89. The predicted octanol–water partition coefficient (Wildman–Crippen LogP) is 0.0619. The minimum Gasteiger partial charge on any atom is -0.478 e. The van der Waals surface area contributed by atoms with Crippen LogP contribution in [0.2, 0.25) is 0 Å². The number of hydrogen-bond donors (Lipinski definition) is 1. The van der Waals surface area contributed by atoms with E-state index in [1.54, 1.807) is 0 Å². The summed E-state index contributed by atoms with van der Waals surface area (Å²) in [5.41, 5.74) is 0. The van der Waals surface area contributed by atoms with E-state index >= 15 is 0 Å². The predicted molar refractivity (Wildman–Crippen MR) is 43.5 cm³/mol. The Kier molecular flexibility index (Phi) is 2.52. The van der Waals surface area contributed by atoms with Gasteiger partial charge >= 0.3 is 5.97 Å². The zero-order valence-electron chi connectivity index (χ0n) is 6.43. The zero-order chi connectivity index (χ0) is 9.19. The molecule has 1 fully saturated rings. The summed E-state index contributed by atoms with van der Waals surface area (Å²) in [6, 6.07) is 0. The second kappa shape index (κ2) is 3.26. The van der Waals surface area contributed by atoms with Gasteiger partial charge in [-0.3, -0.25) is 0 Å². The fraction of sp³-hybridized carbons (Fsp3) is 0.571. The van der Waals surface area contributed by atoms with Crippen LogP contribution in [-0.2, 0) is 14.6 Å². The number of carboxylic acids is 1. The molecule has 68 valence electrons. The van der Waals surface area contributed by atoms with Crippen LogP contribution in [0.15, 0.2) is 12.2 Å². The Morgan fingerprint density at radius 3 is 2.58 bits per heavy atom. The molecule has 1 unspecified atom stereocenters. The molecule has 1 saturated heterocycles. The molecule has 0 spiro atoms. The second-order valence-electron chi connectivity index (χ2n) is 2.86. The minimum absolute atomic E-state index is 0.0940. The summed E-state index contributed by atoms with van der Waals surface area (Å²) >= 11 is 0. The van der Waals surface area contributed by atoms with Gasteiger partial charge in [-0.2, -0.15) is 0 Å². The Morgan fingerprint density at radius 2 is 2.17 bits per heavy atom. The van der Waals surface area contributed by atoms with Gasteiger partial charge in [-0.05, 0) is 12.3 Å². The highest BCUT2D eigenvalue weighted by Gasteiger charge is 2.25. The number of sulfone groups is 1. The third-order valence-corrected chi connectivity index (χ3v) is 3.57. The largest absolute Gasteiger partial charge is 0.478 e. The molecule has 0 aliphatic carbocycles. The molecule has 1 N–H and O–H groups in total. The molecule has 1 rings (SSSR count). The van der Waals surface area contributed by atoms with E-state index in [2.05, 4.69) is 0 Å². The normalized spacial score (nSPS) is 27.8. The van der Waals surface area contributed by atoms with E-state index in [0.717, 1.165) is 6.08 Å². The number of hydrogen-bond acceptors (Lipinski definition) is 3. The van der Waals surface area contributed by atoms with Gasteiger partial charge in [0.25, 0.3) is 0 Å². The first-order chi connectivity index (χ1) is 5.49. The molecule has 0 saturated carbocycles. The van der Waals surface area contributed by atoms with Gasteiger partial charge in [0, 0.05) is 6.08 Å². The topological polar surface area (TPSA) is 71.4 Å². The van der Waals surface area contributed by atoms with Gasteiger partial charge in [-0.15, -0.1) is 0 Å². The number of rotatable bonds is 2. The molecule has 12 heavy (non-hydrogen) atoms. The summed E-state index contributed by atoms with van der Waals surface area (Å²) in [7, 11) is -2.89. The summed E-state index contributed by atoms with van der Waals surface area (Å²) in [5, 5.41) is 8.27. The summed E-state index contributed by atoms with van der Waals surface area (Å²) < 4.78 is 21.8. The van der Waals surface area contributed by atoms with E-state index in [1.807, 2.05) is 0 Å². The molecule has 0 radical (unpaired) electrons. The third-order valence-electron chi connectivity index (χ3n) is 1.78. The van der Waals surface area contributed by atoms with Crippen LogP contribution in [0.4, 0.5) is 0 Å². The molecule has 0 aromatic rings. The maximum absolute atomic E-state index is 10.9. The van der Waals surface area contributed by atoms with Crippen molar-refractivity contribution in [1.29, 1.82) is 0 Å². The fourth-order valence-electron chi connectivity index (χ4n) is 1.19. The van der Waals surface area contributed by atoms with Crippen LogP contribution in [-0.4, -0.2) is 31.0 Å². The van der Waals surface area contributed by atoms with E-state index < -0.39 is 15.8 Å². The Morgan fingerprint density at radius 1 is 1.50 bits per heavy atom. The summed E-state index contributed by atoms with van der Waals surface area (Å²) in [5.74, 6) is -0.858. The first-order valence-corrected chi connectivity index (χ1v) is 5.43. The molecule has 0 aromatic carbocycles. The maximum Gasteiger partial charge on any atom is 0.327 e. The highest BCUT2D eigenvalue weighted by molar-refractivity contribution is 7.91. The molecule has 1 heterocycles. The Labute approximate surface area is 70.8 Å². The van der Waals surface area contributed by atoms with Gasteiger partial charge in [0.2, 0.25) is 0 Å². The van der Waals surface area contributed by atoms with E-state index in [0.29, 0.717) is 6.42 Å². The quantitative estimate of drug-likeness (QED) is 0.625. The second-order valence-corrected chi connectivity index (χ2v) is 5.09. The van der Waals surface area contributed by atoms with E-state index in [9.17, 15) is 13.2 Å². The van der Waals surface area contributed by atoms with Crippen LogP contribution in [0.3, 0.4) is 0 Å². The van der Waals surface area contributed by atoms with Crippen LogP contribution in [0, 0.1) is 5.92 Å². The van der Waals surface area contributed by atoms with Crippen molar-refractivity contribution in [3.05, 3.63) is 12.2 Å². The van der Waals surface area contributed by atoms with Crippen LogP contribution < -0.4 is 0 Å². The average molecular weight is 190 g/mol. The standard InChI is InChI=1S/C7H10O4S/c8-7(9)2-1-6-3-4-12(10,11)5-6/h1-2,6H,3-5H2,(H,8,9)/b2-1-. The van der Waals surface area contributed by atoms with Crippen LogP contribution in [0.1, 0.15) is 6.42 Å². The van der Waals surface area contributed by atoms with Crippen molar-refractivity contribution in [2.24, 2.45) is 5.92 Å². The van der Waals surface area contributed by atoms with Gasteiger partial charge in [-0.25, -0.2) is 13.2 Å². The average Bonchev–Trinajstić information content (AvgIpc) is 2.26. The first kappa shape index (κ1) is 9.25. The Hall–Kier alpha value is -0.840. The van der Waals surface area contributed by atoms with Gasteiger partial charge in [-0.1, -0.05) is 6.08 Å². The summed E-state index contributed by atoms with van der Waals surface area (Å²) in [6.07, 6.45) is 3.00. The van der Waals surface area contributed by atoms with E-state index in [-0.39, 0.29) is 17.4 Å². The van der Waals surface area contributed by atoms with Crippen molar-refractivity contribution in [2.75, 3.05) is 11.5 Å². The molecule has 4 nitrogen and oxygen atoms in total. The van der Waals surface area contributed by atoms with Gasteiger partial charge in [0.15, 0.2) is 9.84 Å². The molecule has 5 heteroatoms. The molecular weight excluding hydrogens is 180 g/mol. The Balaban J connectivity index is 2.54. The monoisotopic (exact) mass is 190 g/mol. The van der Waals surface area contributed by atoms with Crippen LogP contribution in [0.25, 0.3) is 0 Å². The summed E-state index contributed by atoms with van der Waals surface area (Å²) in [6.45, 7) is 0. The first-order valence-electron chi connectivity index (χ1n) is 3.61. The molecule has 0 aromatic heterocycles. The van der Waals surface area contributed by atoms with E-state index in [4.69, 9.17) is 5.11 Å². The van der Waals surface area contributed by atoms with Crippen molar-refractivity contribution in [1.82, 2.24) is 0 Å². The molecular formula is C7H10O4S. The van der Waals surface area contributed by atoms with E-state index in [1.165, 1.54) is 6.08 Å². The lowest BCUT2D eigenvalue weighted by molar-refractivity contribution is -0.131. The van der Waals surface area contributed by atoms with Gasteiger partial charge in [0.1, 0.15) is 0 Å². The summed E-state index contributed by atoms with van der Waals surface area (Å²) in [4.78, 5) is 10.1. The molecule has 0 amide bonds. The lowest BCUT2D eigenvalue weighted by Gasteiger charge is -1.95. The lowest BCUT2D eigenvalue weighted by atomic mass is 10.1. The third kappa shape index (κ3) is 2.65. The number of carbonyl (C=O) groups is 1. The highest BCUT2D eigenvalue weighted by atomic mass is 32.2. The van der Waals surface area contributed by atoms with Crippen LogP contribution >= 0.6 is 0 Å². The molecule has 1 aliphatic heterocycles. The van der Waals surface area contributed by atoms with Crippen molar-refractivity contribution in [3.63, 3.8) is 0 Å². The van der Waals surface area contributed by atoms with Crippen molar-refractivity contribution < 1.29 is 18.3 Å². The van der Waals surface area contributed by atoms with Crippen molar-refractivity contribution in [2.45, 2.75) is 6.42 Å². The van der Waals surface area contributed by atoms with Gasteiger partial charge in [0.05, 0.1) is 11.5 Å². The van der Waals surface area contributed by atoms with Crippen LogP contribution in [0.5, 0.6) is 0 Å². The lowest BCUT2D eigenvalue weighted by Crippen LogP contribution is -2.03. The number of allylic oxidation sites excluding steroid dienone is 1. The van der Waals surface area contributed by atoms with Crippen molar-refractivity contribution in [3.8, 4) is 0 Å². The maximum atomic E-state index is 10.9. The number of aliphatic carboxylic acids is 1. The molecule has 1 aliphatic rings. The molecule has 0 bridgehead atoms. The molecule has 1 atom stereocenters. The smallest absolute Gasteiger partial charge is 0.327 e. The van der Waals surface area contributed by atoms with Crippen molar-refractivity contribution >= 4 is 15.8 Å².